The van der Waals surface area contributed by atoms with Gasteiger partial charge in [0.1, 0.15) is 0 Å². The Kier molecular flexibility index (Phi) is 2.88. The smallest absolute Gasteiger partial charge is 0.0489 e. The molecule has 2 aromatic carbocycles. The standard InChI is InChI=1S/C20H21N/c1-14-12-17-7-5-9-20(18(17)13-14)21-15(2)10-11-16-6-3-4-8-19(16)21/h3-9,13,15H,10-12H2,1-2H3. The van der Waals surface area contributed by atoms with Gasteiger partial charge in [0.25, 0.3) is 0 Å². The zero-order valence-corrected chi connectivity index (χ0v) is 12.8. The fraction of sp³-hybridized carbons (Fsp3) is 0.300. The predicted molar refractivity (Wildman–Crippen MR) is 90.2 cm³/mol. The molecule has 1 aliphatic carbocycles. The second kappa shape index (κ2) is 4.77. The maximum absolute atomic E-state index is 2.55. The second-order valence-electron chi connectivity index (χ2n) is 6.40. The zero-order chi connectivity index (χ0) is 14.4. The molecule has 1 heterocycles. The molecule has 0 saturated heterocycles. The van der Waals surface area contributed by atoms with E-state index in [1.54, 1.807) is 0 Å². The Morgan fingerprint density at radius 1 is 0.952 bits per heavy atom. The molecule has 0 N–H and O–H groups in total. The summed E-state index contributed by atoms with van der Waals surface area (Å²) >= 11 is 0. The lowest BCUT2D eigenvalue weighted by Crippen LogP contribution is -2.33. The molecular formula is C20H21N. The van der Waals surface area contributed by atoms with Gasteiger partial charge >= 0.3 is 0 Å². The van der Waals surface area contributed by atoms with Crippen LogP contribution in [0.3, 0.4) is 0 Å². The predicted octanol–water partition coefficient (Wildman–Crippen LogP) is 5.12. The number of aryl methyl sites for hydroxylation is 1. The minimum atomic E-state index is 0.556. The van der Waals surface area contributed by atoms with Gasteiger partial charge in [-0.15, -0.1) is 0 Å². The van der Waals surface area contributed by atoms with E-state index in [2.05, 4.69) is 67.3 Å². The van der Waals surface area contributed by atoms with Crippen molar-refractivity contribution in [2.24, 2.45) is 0 Å². The third-order valence-electron chi connectivity index (χ3n) is 4.82. The van der Waals surface area contributed by atoms with Crippen LogP contribution >= 0.6 is 0 Å². The van der Waals surface area contributed by atoms with Gasteiger partial charge in [-0.05, 0) is 56.4 Å². The van der Waals surface area contributed by atoms with Gasteiger partial charge < -0.3 is 4.90 Å². The first kappa shape index (κ1) is 12.7. The summed E-state index contributed by atoms with van der Waals surface area (Å²) < 4.78 is 0. The third-order valence-corrected chi connectivity index (χ3v) is 4.82. The summed E-state index contributed by atoms with van der Waals surface area (Å²) in [4.78, 5) is 2.55. The normalized spacial score (nSPS) is 20.0. The topological polar surface area (TPSA) is 3.24 Å². The minimum absolute atomic E-state index is 0.556. The average molecular weight is 275 g/mol. The molecule has 0 fully saturated rings. The summed E-state index contributed by atoms with van der Waals surface area (Å²) in [5.74, 6) is 0. The molecule has 1 nitrogen and oxygen atoms in total. The Morgan fingerprint density at radius 2 is 1.71 bits per heavy atom. The Morgan fingerprint density at radius 3 is 2.62 bits per heavy atom. The highest BCUT2D eigenvalue weighted by Gasteiger charge is 2.27. The summed E-state index contributed by atoms with van der Waals surface area (Å²) in [6.07, 6.45) is 5.89. The van der Waals surface area contributed by atoms with Crippen LogP contribution in [-0.4, -0.2) is 6.04 Å². The van der Waals surface area contributed by atoms with E-state index in [0.717, 1.165) is 6.42 Å². The van der Waals surface area contributed by atoms with Crippen LogP contribution in [0.25, 0.3) is 6.08 Å². The van der Waals surface area contributed by atoms with Crippen molar-refractivity contribution < 1.29 is 0 Å². The number of hydrogen-bond acceptors (Lipinski definition) is 1. The monoisotopic (exact) mass is 275 g/mol. The highest BCUT2D eigenvalue weighted by molar-refractivity contribution is 5.81. The molecule has 0 radical (unpaired) electrons. The largest absolute Gasteiger partial charge is 0.338 e. The SMILES string of the molecule is CC1=Cc2c(cccc2N2c3ccccc3CCC2C)C1. The van der Waals surface area contributed by atoms with Crippen LogP contribution < -0.4 is 4.90 Å². The van der Waals surface area contributed by atoms with E-state index < -0.39 is 0 Å². The number of allylic oxidation sites excluding steroid dienone is 1. The van der Waals surface area contributed by atoms with Gasteiger partial charge in [-0.2, -0.15) is 0 Å². The maximum atomic E-state index is 2.55. The fourth-order valence-electron chi connectivity index (χ4n) is 3.78. The number of hydrogen-bond donors (Lipinski definition) is 0. The number of benzene rings is 2. The first-order chi connectivity index (χ1) is 10.2. The zero-order valence-electron chi connectivity index (χ0n) is 12.8. The number of anilines is 2. The summed E-state index contributed by atoms with van der Waals surface area (Å²) in [5.41, 5.74) is 8.62. The molecule has 0 spiro atoms. The molecule has 0 bridgehead atoms. The van der Waals surface area contributed by atoms with Gasteiger partial charge in [-0.25, -0.2) is 0 Å². The van der Waals surface area contributed by atoms with E-state index in [-0.39, 0.29) is 0 Å². The summed E-state index contributed by atoms with van der Waals surface area (Å²) in [6.45, 7) is 4.58. The van der Waals surface area contributed by atoms with Gasteiger partial charge in [-0.3, -0.25) is 0 Å². The van der Waals surface area contributed by atoms with Crippen molar-refractivity contribution in [3.05, 3.63) is 64.7 Å². The number of fused-ring (bicyclic) bond motifs is 2. The van der Waals surface area contributed by atoms with Crippen molar-refractivity contribution in [3.8, 4) is 0 Å². The molecule has 0 amide bonds. The summed E-state index contributed by atoms with van der Waals surface area (Å²) in [5, 5.41) is 0. The Balaban J connectivity index is 1.90. The molecule has 0 saturated carbocycles. The van der Waals surface area contributed by atoms with Crippen LogP contribution in [-0.2, 0) is 12.8 Å². The average Bonchev–Trinajstić information content (AvgIpc) is 2.87. The van der Waals surface area contributed by atoms with Gasteiger partial charge in [0.05, 0.1) is 0 Å². The van der Waals surface area contributed by atoms with Crippen molar-refractivity contribution in [2.45, 2.75) is 39.2 Å². The molecule has 4 rings (SSSR count). The van der Waals surface area contributed by atoms with Crippen molar-refractivity contribution >= 4 is 17.5 Å². The second-order valence-corrected chi connectivity index (χ2v) is 6.40. The first-order valence-corrected chi connectivity index (χ1v) is 7.90. The maximum Gasteiger partial charge on any atom is 0.0489 e. The fourth-order valence-corrected chi connectivity index (χ4v) is 3.78. The highest BCUT2D eigenvalue weighted by Crippen LogP contribution is 2.41. The van der Waals surface area contributed by atoms with E-state index in [9.17, 15) is 0 Å². The van der Waals surface area contributed by atoms with E-state index in [0.29, 0.717) is 6.04 Å². The van der Waals surface area contributed by atoms with E-state index in [4.69, 9.17) is 0 Å². The number of para-hydroxylation sites is 1. The van der Waals surface area contributed by atoms with Crippen LogP contribution in [0.2, 0.25) is 0 Å². The van der Waals surface area contributed by atoms with E-state index in [1.165, 1.54) is 46.5 Å². The molecule has 21 heavy (non-hydrogen) atoms. The van der Waals surface area contributed by atoms with Crippen LogP contribution in [0.1, 0.15) is 37.0 Å². The lowest BCUT2D eigenvalue weighted by atomic mass is 9.94. The van der Waals surface area contributed by atoms with E-state index >= 15 is 0 Å². The van der Waals surface area contributed by atoms with E-state index in [1.807, 2.05) is 0 Å². The third kappa shape index (κ3) is 1.99. The van der Waals surface area contributed by atoms with Gasteiger partial charge in [-0.1, -0.05) is 42.0 Å². The van der Waals surface area contributed by atoms with Crippen molar-refractivity contribution in [2.75, 3.05) is 4.90 Å². The van der Waals surface area contributed by atoms with Crippen molar-refractivity contribution in [3.63, 3.8) is 0 Å². The van der Waals surface area contributed by atoms with Crippen LogP contribution in [0.4, 0.5) is 11.4 Å². The van der Waals surface area contributed by atoms with Gasteiger partial charge in [0.2, 0.25) is 0 Å². The van der Waals surface area contributed by atoms with Crippen molar-refractivity contribution in [1.82, 2.24) is 0 Å². The van der Waals surface area contributed by atoms with Crippen LogP contribution in [0.5, 0.6) is 0 Å². The number of nitrogens with zero attached hydrogens (tertiary/aromatic N) is 1. The first-order valence-electron chi connectivity index (χ1n) is 7.90. The minimum Gasteiger partial charge on any atom is -0.338 e. The number of rotatable bonds is 1. The summed E-state index contributed by atoms with van der Waals surface area (Å²) in [7, 11) is 0. The Labute approximate surface area is 126 Å². The molecule has 2 aromatic rings. The van der Waals surface area contributed by atoms with Crippen LogP contribution in [0, 0.1) is 0 Å². The lowest BCUT2D eigenvalue weighted by molar-refractivity contribution is 0.618. The molecule has 106 valence electrons. The Bertz CT molecular complexity index is 726. The Hall–Kier alpha value is -2.02. The van der Waals surface area contributed by atoms with Crippen molar-refractivity contribution in [1.29, 1.82) is 0 Å². The quantitative estimate of drug-likeness (QED) is 0.698. The summed E-state index contributed by atoms with van der Waals surface area (Å²) in [6, 6.07) is 16.2. The van der Waals surface area contributed by atoms with Gasteiger partial charge in [0.15, 0.2) is 0 Å². The molecule has 1 atom stereocenters. The molecule has 0 aromatic heterocycles. The molecule has 1 aliphatic heterocycles. The highest BCUT2D eigenvalue weighted by atomic mass is 15.2. The molecule has 1 heteroatoms. The molecule has 1 unspecified atom stereocenters. The van der Waals surface area contributed by atoms with Gasteiger partial charge in [0, 0.05) is 23.0 Å². The molecular weight excluding hydrogens is 254 g/mol. The molecule has 2 aliphatic rings. The lowest BCUT2D eigenvalue weighted by Gasteiger charge is -2.38. The van der Waals surface area contributed by atoms with Crippen LogP contribution in [0.15, 0.2) is 48.0 Å².